The van der Waals surface area contributed by atoms with E-state index in [2.05, 4.69) is 10.5 Å². The second kappa shape index (κ2) is 6.23. The molecule has 6 nitrogen and oxygen atoms in total. The first-order valence-corrected chi connectivity index (χ1v) is 7.26. The monoisotopic (exact) mass is 322 g/mol. The van der Waals surface area contributed by atoms with Gasteiger partial charge in [-0.1, -0.05) is 11.2 Å². The summed E-state index contributed by atoms with van der Waals surface area (Å²) in [6, 6.07) is 4.59. The van der Waals surface area contributed by atoms with Crippen molar-refractivity contribution in [2.24, 2.45) is 0 Å². The lowest BCUT2D eigenvalue weighted by molar-refractivity contribution is 0.193. The molecule has 1 aromatic heterocycles. The average molecular weight is 322 g/mol. The van der Waals surface area contributed by atoms with Gasteiger partial charge in [0.05, 0.1) is 5.69 Å². The number of benzene rings is 1. The number of likely N-dealkylation sites (tertiary alicyclic amines) is 1. The van der Waals surface area contributed by atoms with Crippen LogP contribution >= 0.6 is 0 Å². The minimum atomic E-state index is -0.800. The number of nitrogens with two attached hydrogens (primary N) is 1. The highest BCUT2D eigenvalue weighted by Gasteiger charge is 2.26. The van der Waals surface area contributed by atoms with Gasteiger partial charge < -0.3 is 20.5 Å². The number of amides is 2. The zero-order valence-electron chi connectivity index (χ0n) is 12.3. The SMILES string of the molecule is Nc1cc(C2CCN(C(=O)Nc3c(F)cccc3F)CC2)no1. The van der Waals surface area contributed by atoms with Crippen LogP contribution < -0.4 is 11.1 Å². The fraction of sp³-hybridized carbons (Fsp3) is 0.333. The number of piperidine rings is 1. The summed E-state index contributed by atoms with van der Waals surface area (Å²) in [6.45, 7) is 0.915. The Bertz CT molecular complexity index is 691. The highest BCUT2D eigenvalue weighted by atomic mass is 19.1. The summed E-state index contributed by atoms with van der Waals surface area (Å²) in [4.78, 5) is 13.7. The zero-order chi connectivity index (χ0) is 16.4. The van der Waals surface area contributed by atoms with Crippen molar-refractivity contribution < 1.29 is 18.1 Å². The number of para-hydroxylation sites is 1. The topological polar surface area (TPSA) is 84.4 Å². The van der Waals surface area contributed by atoms with Gasteiger partial charge in [-0.2, -0.15) is 0 Å². The molecule has 8 heteroatoms. The van der Waals surface area contributed by atoms with Crippen LogP contribution in [0.5, 0.6) is 0 Å². The maximum atomic E-state index is 13.6. The molecule has 0 atom stereocenters. The fourth-order valence-corrected chi connectivity index (χ4v) is 2.68. The Morgan fingerprint density at radius 3 is 2.52 bits per heavy atom. The number of urea groups is 1. The molecule has 0 radical (unpaired) electrons. The molecule has 3 rings (SSSR count). The van der Waals surface area contributed by atoms with Crippen LogP contribution in [-0.4, -0.2) is 29.2 Å². The Morgan fingerprint density at radius 2 is 1.96 bits per heavy atom. The molecule has 0 spiro atoms. The van der Waals surface area contributed by atoms with E-state index in [9.17, 15) is 13.6 Å². The van der Waals surface area contributed by atoms with E-state index in [4.69, 9.17) is 10.3 Å². The maximum Gasteiger partial charge on any atom is 0.322 e. The van der Waals surface area contributed by atoms with E-state index in [0.717, 1.165) is 17.8 Å². The normalized spacial score (nSPS) is 15.7. The molecular formula is C15H16F2N4O2. The van der Waals surface area contributed by atoms with E-state index < -0.39 is 23.4 Å². The van der Waals surface area contributed by atoms with E-state index in [1.165, 1.54) is 11.0 Å². The number of anilines is 2. The Hall–Kier alpha value is -2.64. The van der Waals surface area contributed by atoms with Gasteiger partial charge in [0.25, 0.3) is 0 Å². The number of aromatic nitrogens is 1. The summed E-state index contributed by atoms with van der Waals surface area (Å²) in [7, 11) is 0. The summed E-state index contributed by atoms with van der Waals surface area (Å²) >= 11 is 0. The van der Waals surface area contributed by atoms with Crippen molar-refractivity contribution in [2.75, 3.05) is 24.1 Å². The molecule has 1 aliphatic rings. The largest absolute Gasteiger partial charge is 0.368 e. The van der Waals surface area contributed by atoms with Crippen molar-refractivity contribution in [1.29, 1.82) is 0 Å². The highest BCUT2D eigenvalue weighted by molar-refractivity contribution is 5.89. The Morgan fingerprint density at radius 1 is 1.30 bits per heavy atom. The second-order valence-corrected chi connectivity index (χ2v) is 5.44. The number of hydrogen-bond donors (Lipinski definition) is 2. The number of rotatable bonds is 2. The molecule has 2 aromatic rings. The summed E-state index contributed by atoms with van der Waals surface area (Å²) in [5.41, 5.74) is 5.84. The lowest BCUT2D eigenvalue weighted by Gasteiger charge is -2.31. The molecule has 23 heavy (non-hydrogen) atoms. The van der Waals surface area contributed by atoms with Crippen LogP contribution in [0.3, 0.4) is 0 Å². The minimum absolute atomic E-state index is 0.158. The van der Waals surface area contributed by atoms with Crippen molar-refractivity contribution >= 4 is 17.6 Å². The lowest BCUT2D eigenvalue weighted by atomic mass is 9.94. The summed E-state index contributed by atoms with van der Waals surface area (Å²) in [6.07, 6.45) is 1.36. The predicted octanol–water partition coefficient (Wildman–Crippen LogP) is 2.95. The van der Waals surface area contributed by atoms with Gasteiger partial charge in [-0.15, -0.1) is 0 Å². The third kappa shape index (κ3) is 3.25. The quantitative estimate of drug-likeness (QED) is 0.890. The minimum Gasteiger partial charge on any atom is -0.368 e. The zero-order valence-corrected chi connectivity index (χ0v) is 12.3. The first kappa shape index (κ1) is 15.3. The smallest absolute Gasteiger partial charge is 0.322 e. The van der Waals surface area contributed by atoms with E-state index >= 15 is 0 Å². The van der Waals surface area contributed by atoms with Gasteiger partial charge in [0.1, 0.15) is 17.3 Å². The van der Waals surface area contributed by atoms with Gasteiger partial charge in [0.2, 0.25) is 5.88 Å². The molecule has 122 valence electrons. The maximum absolute atomic E-state index is 13.6. The molecule has 1 fully saturated rings. The summed E-state index contributed by atoms with van der Waals surface area (Å²) in [5, 5.41) is 6.17. The number of carbonyl (C=O) groups is 1. The van der Waals surface area contributed by atoms with Gasteiger partial charge >= 0.3 is 6.03 Å². The van der Waals surface area contributed by atoms with Crippen molar-refractivity contribution in [2.45, 2.75) is 18.8 Å². The predicted molar refractivity (Wildman–Crippen MR) is 79.8 cm³/mol. The van der Waals surface area contributed by atoms with Crippen LogP contribution in [-0.2, 0) is 0 Å². The Labute approximate surface area is 131 Å². The van der Waals surface area contributed by atoms with Crippen molar-refractivity contribution in [1.82, 2.24) is 10.1 Å². The van der Waals surface area contributed by atoms with Crippen molar-refractivity contribution in [3.63, 3.8) is 0 Å². The molecule has 1 saturated heterocycles. The molecular weight excluding hydrogens is 306 g/mol. The molecule has 0 unspecified atom stereocenters. The first-order valence-electron chi connectivity index (χ1n) is 7.26. The molecule has 0 bridgehead atoms. The second-order valence-electron chi connectivity index (χ2n) is 5.44. The van der Waals surface area contributed by atoms with E-state index in [-0.39, 0.29) is 11.8 Å². The first-order chi connectivity index (χ1) is 11.0. The van der Waals surface area contributed by atoms with E-state index in [1.54, 1.807) is 6.07 Å². The summed E-state index contributed by atoms with van der Waals surface area (Å²) in [5.74, 6) is -1.18. The van der Waals surface area contributed by atoms with Gasteiger partial charge in [0.15, 0.2) is 0 Å². The highest BCUT2D eigenvalue weighted by Crippen LogP contribution is 2.28. The van der Waals surface area contributed by atoms with Crippen molar-refractivity contribution in [3.05, 3.63) is 41.6 Å². The van der Waals surface area contributed by atoms with Crippen molar-refractivity contribution in [3.8, 4) is 0 Å². The Kier molecular flexibility index (Phi) is 4.14. The number of nitrogens with one attached hydrogen (secondary N) is 1. The van der Waals surface area contributed by atoms with E-state index in [0.29, 0.717) is 25.9 Å². The molecule has 1 aromatic carbocycles. The molecule has 3 N–H and O–H groups in total. The average Bonchev–Trinajstić information content (AvgIpc) is 2.97. The van der Waals surface area contributed by atoms with Gasteiger partial charge in [-0.3, -0.25) is 0 Å². The number of nitrogens with zero attached hydrogens (tertiary/aromatic N) is 2. The van der Waals surface area contributed by atoms with E-state index in [1.807, 2.05) is 0 Å². The summed E-state index contributed by atoms with van der Waals surface area (Å²) < 4.78 is 32.0. The third-order valence-electron chi connectivity index (χ3n) is 3.94. The fourth-order valence-electron chi connectivity index (χ4n) is 2.68. The number of halogens is 2. The Balaban J connectivity index is 1.60. The standard InChI is InChI=1S/C15H16F2N4O2/c16-10-2-1-3-11(17)14(10)19-15(22)21-6-4-9(5-7-21)12-8-13(18)23-20-12/h1-3,8-9H,4-7,18H2,(H,19,22). The van der Waals surface area contributed by atoms with Gasteiger partial charge in [-0.05, 0) is 25.0 Å². The van der Waals surface area contributed by atoms with Crippen LogP contribution in [0.2, 0.25) is 0 Å². The lowest BCUT2D eigenvalue weighted by Crippen LogP contribution is -2.40. The molecule has 1 aliphatic heterocycles. The molecule has 0 aliphatic carbocycles. The van der Waals surface area contributed by atoms with Crippen LogP contribution in [0, 0.1) is 11.6 Å². The van der Waals surface area contributed by atoms with Crippen LogP contribution in [0.15, 0.2) is 28.8 Å². The van der Waals surface area contributed by atoms with Crippen LogP contribution in [0.1, 0.15) is 24.5 Å². The molecule has 0 saturated carbocycles. The van der Waals surface area contributed by atoms with Gasteiger partial charge in [-0.25, -0.2) is 13.6 Å². The van der Waals surface area contributed by atoms with Crippen LogP contribution in [0.25, 0.3) is 0 Å². The number of hydrogen-bond acceptors (Lipinski definition) is 4. The molecule has 2 heterocycles. The van der Waals surface area contributed by atoms with Crippen LogP contribution in [0.4, 0.5) is 25.1 Å². The number of carbonyl (C=O) groups excluding carboxylic acids is 1. The third-order valence-corrected chi connectivity index (χ3v) is 3.94. The van der Waals surface area contributed by atoms with Gasteiger partial charge in [0, 0.05) is 25.1 Å². The molecule has 2 amide bonds. The number of nitrogen functional groups attached to an aromatic ring is 1.